The van der Waals surface area contributed by atoms with Crippen LogP contribution in [0.4, 0.5) is 9.59 Å². The van der Waals surface area contributed by atoms with Gasteiger partial charge in [0, 0.05) is 44.6 Å². The number of rotatable bonds is 17. The number of aliphatic hydroxyl groups is 1. The van der Waals surface area contributed by atoms with Crippen LogP contribution in [0, 0.1) is 18.3 Å². The van der Waals surface area contributed by atoms with Crippen molar-refractivity contribution in [3.8, 4) is 0 Å². The number of carbonyl (C=O) groups is 4. The molecule has 1 fully saturated rings. The second-order valence-electron chi connectivity index (χ2n) is 15.7. The van der Waals surface area contributed by atoms with Gasteiger partial charge in [0.2, 0.25) is 11.8 Å². The van der Waals surface area contributed by atoms with Crippen LogP contribution >= 0.6 is 0 Å². The Hall–Kier alpha value is -4.97. The molecule has 6 unspecified atom stereocenters. The number of carbonyl (C=O) groups excluding carboxylic acids is 3. The molecule has 2 aromatic carbocycles. The van der Waals surface area contributed by atoms with Crippen LogP contribution in [0.5, 0.6) is 0 Å². The number of aliphatic hydroxyl groups excluding tert-OH is 1. The number of nitrogens with zero attached hydrogens (tertiary/aromatic N) is 4. The van der Waals surface area contributed by atoms with Crippen molar-refractivity contribution in [2.45, 2.75) is 104 Å². The van der Waals surface area contributed by atoms with Crippen LogP contribution in [-0.2, 0) is 29.0 Å². The molecular weight excluding hydrogens is 684 g/mol. The molecule has 2 heterocycles. The number of amides is 5. The van der Waals surface area contributed by atoms with E-state index in [2.05, 4.69) is 15.6 Å². The zero-order chi connectivity index (χ0) is 39.6. The largest absolute Gasteiger partial charge is 0.465 e. The van der Waals surface area contributed by atoms with Crippen LogP contribution in [0.1, 0.15) is 69.8 Å². The van der Waals surface area contributed by atoms with Crippen molar-refractivity contribution < 1.29 is 29.4 Å². The number of likely N-dealkylation sites (N-methyl/N-ethyl adjacent to an activating group) is 1. The van der Waals surface area contributed by atoms with Gasteiger partial charge in [-0.15, -0.1) is 0 Å². The van der Waals surface area contributed by atoms with Crippen molar-refractivity contribution in [1.82, 2.24) is 30.3 Å². The van der Waals surface area contributed by atoms with Gasteiger partial charge in [0.1, 0.15) is 12.1 Å². The standard InChI is InChI=1S/C42H58N6O6/c1-8-28(2)36(48-22-21-47(40(48)52)27-32-20-19-29(3)43-26-32)38(50)44-33(23-30-15-11-9-12-16-30)25-35(49)34(24-31-17-13-10-14-18-31)45-39(51)37(42(4,5)6)46(7)41(53)54/h9-20,26,28,33-37,49H,8,21-25,27H2,1-7H3,(H,44,50)(H,45,51)(H,53,54). The third-order valence-corrected chi connectivity index (χ3v) is 10.3. The van der Waals surface area contributed by atoms with Crippen LogP contribution in [0.2, 0.25) is 0 Å². The van der Waals surface area contributed by atoms with Gasteiger partial charge in [0.15, 0.2) is 0 Å². The molecule has 6 atom stereocenters. The van der Waals surface area contributed by atoms with E-state index in [0.29, 0.717) is 32.5 Å². The summed E-state index contributed by atoms with van der Waals surface area (Å²) >= 11 is 0. The van der Waals surface area contributed by atoms with E-state index >= 15 is 0 Å². The predicted octanol–water partition coefficient (Wildman–Crippen LogP) is 5.27. The summed E-state index contributed by atoms with van der Waals surface area (Å²) in [6.45, 7) is 12.5. The maximum absolute atomic E-state index is 14.4. The second kappa shape index (κ2) is 18.9. The summed E-state index contributed by atoms with van der Waals surface area (Å²) in [5.74, 6) is -0.974. The number of hydrogen-bond acceptors (Lipinski definition) is 6. The molecule has 54 heavy (non-hydrogen) atoms. The van der Waals surface area contributed by atoms with E-state index in [1.54, 1.807) is 36.8 Å². The summed E-state index contributed by atoms with van der Waals surface area (Å²) < 4.78 is 0. The number of carboxylic acid groups (broad SMARTS) is 1. The van der Waals surface area contributed by atoms with Gasteiger partial charge >= 0.3 is 12.1 Å². The summed E-state index contributed by atoms with van der Waals surface area (Å²) in [4.78, 5) is 62.8. The van der Waals surface area contributed by atoms with Crippen molar-refractivity contribution in [2.75, 3.05) is 20.1 Å². The maximum atomic E-state index is 14.4. The van der Waals surface area contributed by atoms with E-state index in [9.17, 15) is 29.4 Å². The van der Waals surface area contributed by atoms with Gasteiger partial charge in [-0.3, -0.25) is 19.5 Å². The highest BCUT2D eigenvalue weighted by Crippen LogP contribution is 2.26. The first kappa shape index (κ1) is 41.8. The molecule has 292 valence electrons. The zero-order valence-corrected chi connectivity index (χ0v) is 32.7. The Morgan fingerprint density at radius 1 is 0.889 bits per heavy atom. The lowest BCUT2D eigenvalue weighted by Gasteiger charge is -2.37. The van der Waals surface area contributed by atoms with Gasteiger partial charge < -0.3 is 30.6 Å². The molecule has 0 aliphatic carbocycles. The molecule has 0 radical (unpaired) electrons. The predicted molar refractivity (Wildman–Crippen MR) is 209 cm³/mol. The number of benzene rings is 2. The monoisotopic (exact) mass is 742 g/mol. The fraction of sp³-hybridized carbons (Fsp3) is 0.500. The minimum atomic E-state index is -1.24. The van der Waals surface area contributed by atoms with E-state index in [-0.39, 0.29) is 30.7 Å². The summed E-state index contributed by atoms with van der Waals surface area (Å²) in [5, 5.41) is 28.0. The first-order chi connectivity index (χ1) is 25.6. The first-order valence-electron chi connectivity index (χ1n) is 18.9. The van der Waals surface area contributed by atoms with Gasteiger partial charge in [-0.05, 0) is 60.3 Å². The maximum Gasteiger partial charge on any atom is 0.407 e. The van der Waals surface area contributed by atoms with Crippen LogP contribution < -0.4 is 10.6 Å². The van der Waals surface area contributed by atoms with E-state index < -0.39 is 47.7 Å². The normalized spacial score (nSPS) is 16.6. The molecule has 12 nitrogen and oxygen atoms in total. The van der Waals surface area contributed by atoms with E-state index in [1.165, 1.54) is 7.05 Å². The first-order valence-corrected chi connectivity index (χ1v) is 18.9. The lowest BCUT2D eigenvalue weighted by Crippen LogP contribution is -2.58. The minimum Gasteiger partial charge on any atom is -0.465 e. The summed E-state index contributed by atoms with van der Waals surface area (Å²) in [6, 6.07) is 19.6. The Balaban J connectivity index is 1.60. The molecule has 1 aromatic heterocycles. The molecule has 1 saturated heterocycles. The highest BCUT2D eigenvalue weighted by molar-refractivity contribution is 5.88. The van der Waals surface area contributed by atoms with Gasteiger partial charge in [0.25, 0.3) is 0 Å². The molecule has 1 aliphatic heterocycles. The van der Waals surface area contributed by atoms with Gasteiger partial charge in [0.05, 0.1) is 12.1 Å². The van der Waals surface area contributed by atoms with E-state index in [0.717, 1.165) is 27.3 Å². The summed E-state index contributed by atoms with van der Waals surface area (Å²) in [7, 11) is 1.36. The molecular formula is C42H58N6O6. The summed E-state index contributed by atoms with van der Waals surface area (Å²) in [5.41, 5.74) is 2.89. The molecule has 0 saturated carbocycles. The van der Waals surface area contributed by atoms with E-state index in [4.69, 9.17) is 0 Å². The highest BCUT2D eigenvalue weighted by Gasteiger charge is 2.42. The van der Waals surface area contributed by atoms with E-state index in [1.807, 2.05) is 93.6 Å². The molecule has 4 rings (SSSR count). The number of aromatic nitrogens is 1. The molecule has 12 heteroatoms. The van der Waals surface area contributed by atoms with Crippen molar-refractivity contribution >= 4 is 23.9 Å². The Labute approximate surface area is 319 Å². The third-order valence-electron chi connectivity index (χ3n) is 10.3. The smallest absolute Gasteiger partial charge is 0.407 e. The number of nitrogens with one attached hydrogen (secondary N) is 2. The minimum absolute atomic E-state index is 0.0844. The molecule has 0 spiro atoms. The SMILES string of the molecule is CCC(C)C(C(=O)NC(Cc1ccccc1)CC(O)C(Cc1ccccc1)NC(=O)C(N(C)C(=O)O)C(C)(C)C)N1CCN(Cc2ccc(C)nc2)C1=O. The Morgan fingerprint density at radius 2 is 1.50 bits per heavy atom. The topological polar surface area (TPSA) is 155 Å². The van der Waals surface area contributed by atoms with Crippen LogP contribution in [0.25, 0.3) is 0 Å². The van der Waals surface area contributed by atoms with Crippen LogP contribution in [-0.4, -0.2) is 104 Å². The zero-order valence-electron chi connectivity index (χ0n) is 32.7. The Morgan fingerprint density at radius 3 is 2.04 bits per heavy atom. The van der Waals surface area contributed by atoms with Gasteiger partial charge in [-0.1, -0.05) is 108 Å². The van der Waals surface area contributed by atoms with Crippen molar-refractivity contribution in [3.63, 3.8) is 0 Å². The average molecular weight is 743 g/mol. The fourth-order valence-corrected chi connectivity index (χ4v) is 7.26. The molecule has 5 amide bonds. The van der Waals surface area contributed by atoms with Crippen molar-refractivity contribution in [3.05, 3.63) is 101 Å². The Bertz CT molecular complexity index is 1680. The molecule has 3 aromatic rings. The number of hydrogen-bond donors (Lipinski definition) is 4. The molecule has 4 N–H and O–H groups in total. The second-order valence-corrected chi connectivity index (χ2v) is 15.7. The average Bonchev–Trinajstić information content (AvgIpc) is 3.47. The highest BCUT2D eigenvalue weighted by atomic mass is 16.4. The van der Waals surface area contributed by atoms with Crippen LogP contribution in [0.3, 0.4) is 0 Å². The lowest BCUT2D eigenvalue weighted by atomic mass is 9.84. The number of urea groups is 1. The van der Waals surface area contributed by atoms with Gasteiger partial charge in [-0.25, -0.2) is 9.59 Å². The quantitative estimate of drug-likeness (QED) is 0.147. The van der Waals surface area contributed by atoms with Crippen molar-refractivity contribution in [1.29, 1.82) is 0 Å². The molecule has 0 bridgehead atoms. The van der Waals surface area contributed by atoms with Crippen molar-refractivity contribution in [2.24, 2.45) is 11.3 Å². The Kier molecular flexibility index (Phi) is 14.6. The summed E-state index contributed by atoms with van der Waals surface area (Å²) in [6.07, 6.45) is 0.825. The van der Waals surface area contributed by atoms with Gasteiger partial charge in [-0.2, -0.15) is 0 Å². The van der Waals surface area contributed by atoms with Crippen LogP contribution in [0.15, 0.2) is 79.0 Å². The lowest BCUT2D eigenvalue weighted by molar-refractivity contribution is -0.131. The third kappa shape index (κ3) is 11.3. The number of pyridine rings is 1. The molecule has 1 aliphatic rings. The fourth-order valence-electron chi connectivity index (χ4n) is 7.26. The number of aryl methyl sites for hydroxylation is 1.